The number of rotatable bonds is 2. The van der Waals surface area contributed by atoms with E-state index in [-0.39, 0.29) is 5.75 Å². The highest BCUT2D eigenvalue weighted by Crippen LogP contribution is 2.33. The molecule has 0 spiro atoms. The van der Waals surface area contributed by atoms with Gasteiger partial charge in [-0.25, -0.2) is 0 Å². The Balaban J connectivity index is 2.16. The number of hydrogen-bond acceptors (Lipinski definition) is 3. The third-order valence-corrected chi connectivity index (χ3v) is 2.07. The van der Waals surface area contributed by atoms with Crippen LogP contribution in [0.3, 0.4) is 0 Å². The molecule has 0 saturated heterocycles. The number of halogens is 3. The van der Waals surface area contributed by atoms with Crippen molar-refractivity contribution in [3.63, 3.8) is 0 Å². The third kappa shape index (κ3) is 2.59. The molecule has 1 aromatic carbocycles. The zero-order valence-corrected chi connectivity index (χ0v) is 8.10. The second-order valence-corrected chi connectivity index (χ2v) is 3.31. The van der Waals surface area contributed by atoms with E-state index in [4.69, 9.17) is 12.8 Å². The minimum absolute atomic E-state index is 0.240. The summed E-state index contributed by atoms with van der Waals surface area (Å²) < 4.78 is 40.9. The molecule has 6 heteroatoms. The Kier molecular flexibility index (Phi) is 2.30. The van der Waals surface area contributed by atoms with Crippen LogP contribution in [0.2, 0.25) is 0 Å². The van der Waals surface area contributed by atoms with Gasteiger partial charge in [-0.3, -0.25) is 0 Å². The van der Waals surface area contributed by atoms with Crippen molar-refractivity contribution in [2.75, 3.05) is 0 Å². The van der Waals surface area contributed by atoms with E-state index in [0.29, 0.717) is 5.56 Å². The molecule has 2 nitrogen and oxygen atoms in total. The van der Waals surface area contributed by atoms with E-state index >= 15 is 0 Å². The average molecular weight is 232 g/mol. The first-order valence-electron chi connectivity index (χ1n) is 4.00. The fourth-order valence-corrected chi connectivity index (χ4v) is 1.34. The maximum Gasteiger partial charge on any atom is 0.573 e. The lowest BCUT2D eigenvalue weighted by Crippen LogP contribution is -2.17. The molecule has 0 saturated carbocycles. The molecule has 0 atom stereocenters. The fourth-order valence-electron chi connectivity index (χ4n) is 1.14. The van der Waals surface area contributed by atoms with Crippen LogP contribution in [0, 0.1) is 0 Å². The van der Waals surface area contributed by atoms with E-state index < -0.39 is 6.36 Å². The molecule has 0 amide bonds. The molecule has 80 valence electrons. The molecule has 0 N–H and O–H groups in total. The third-order valence-electron chi connectivity index (χ3n) is 1.77. The molecule has 1 heterocycles. The van der Waals surface area contributed by atoms with Crippen LogP contribution in [-0.2, 0) is 12.8 Å². The Hall–Kier alpha value is -1.30. The second-order valence-electron chi connectivity index (χ2n) is 2.92. The van der Waals surface area contributed by atoms with Crippen LogP contribution in [0.15, 0.2) is 30.5 Å². The molecule has 15 heavy (non-hydrogen) atoms. The summed E-state index contributed by atoms with van der Waals surface area (Å²) in [6.45, 7) is 0. The molecule has 0 aromatic heterocycles. The van der Waals surface area contributed by atoms with Crippen LogP contribution in [0.4, 0.5) is 13.2 Å². The van der Waals surface area contributed by atoms with Crippen LogP contribution >= 0.6 is 0 Å². The van der Waals surface area contributed by atoms with Gasteiger partial charge in [-0.05, 0) is 12.1 Å². The van der Waals surface area contributed by atoms with E-state index in [1.165, 1.54) is 22.5 Å². The lowest BCUT2D eigenvalue weighted by molar-refractivity contribution is -0.274. The maximum absolute atomic E-state index is 11.9. The minimum atomic E-state index is -4.66. The Labute approximate surface area is 89.5 Å². The van der Waals surface area contributed by atoms with Crippen LogP contribution in [0.5, 0.6) is 5.75 Å². The van der Waals surface area contributed by atoms with Gasteiger partial charge >= 0.3 is 6.36 Å². The van der Waals surface area contributed by atoms with Crippen molar-refractivity contribution in [2.24, 2.45) is 0 Å². The van der Waals surface area contributed by atoms with Crippen LogP contribution in [0.1, 0.15) is 5.56 Å². The van der Waals surface area contributed by atoms with E-state index in [9.17, 15) is 13.2 Å². The molecule has 1 aliphatic rings. The van der Waals surface area contributed by atoms with Gasteiger partial charge in [-0.2, -0.15) is 0 Å². The largest absolute Gasteiger partial charge is 0.661 e. The molecule has 0 fully saturated rings. The number of alkyl halides is 3. The average Bonchev–Trinajstić information content (AvgIpc) is 2.80. The van der Waals surface area contributed by atoms with Gasteiger partial charge in [0, 0.05) is 17.5 Å². The second kappa shape index (κ2) is 3.37. The van der Waals surface area contributed by atoms with Crippen molar-refractivity contribution < 1.29 is 17.9 Å². The molecule has 0 aliphatic carbocycles. The lowest BCUT2D eigenvalue weighted by Gasteiger charge is -2.12. The van der Waals surface area contributed by atoms with Gasteiger partial charge in [0.2, 0.25) is 0 Å². The first-order valence-corrected chi connectivity index (χ1v) is 4.36. The molecule has 0 radical (unpaired) electrons. The lowest BCUT2D eigenvalue weighted by atomic mass is 10.2. The van der Waals surface area contributed by atoms with Crippen molar-refractivity contribution >= 4 is 18.5 Å². The normalized spacial score (nSPS) is 14.9. The summed E-state index contributed by atoms with van der Waals surface area (Å²) in [5.41, 5.74) is 1.34. The highest BCUT2D eigenvalue weighted by Gasteiger charge is 2.31. The SMILES string of the molecule is FC(F)(F)Oc1cccc(C2=CN2[S-])c1. The van der Waals surface area contributed by atoms with Crippen molar-refractivity contribution in [3.05, 3.63) is 36.0 Å². The molecule has 1 aliphatic heterocycles. The molecular formula is C9H5F3NOS-. The first kappa shape index (κ1) is 10.2. The van der Waals surface area contributed by atoms with Crippen LogP contribution in [-0.4, -0.2) is 10.7 Å². The highest BCUT2D eigenvalue weighted by atomic mass is 32.1. The predicted octanol–water partition coefficient (Wildman–Crippen LogP) is 2.66. The Morgan fingerprint density at radius 2 is 1.93 bits per heavy atom. The predicted molar refractivity (Wildman–Crippen MR) is 50.3 cm³/mol. The smallest absolute Gasteiger partial charge is 0.573 e. The van der Waals surface area contributed by atoms with Crippen molar-refractivity contribution in [2.45, 2.75) is 6.36 Å². The Morgan fingerprint density at radius 3 is 2.47 bits per heavy atom. The van der Waals surface area contributed by atoms with Crippen LogP contribution in [0.25, 0.3) is 5.70 Å². The van der Waals surface area contributed by atoms with Crippen molar-refractivity contribution in [1.29, 1.82) is 0 Å². The Bertz CT molecular complexity index is 416. The number of ether oxygens (including phenoxy) is 1. The van der Waals surface area contributed by atoms with E-state index in [0.717, 1.165) is 5.70 Å². The van der Waals surface area contributed by atoms with Crippen LogP contribution < -0.4 is 4.74 Å². The number of benzene rings is 1. The summed E-state index contributed by atoms with van der Waals surface area (Å²) in [6, 6.07) is 5.69. The fraction of sp³-hybridized carbons (Fsp3) is 0.111. The zero-order valence-electron chi connectivity index (χ0n) is 7.28. The molecule has 1 aromatic rings. The summed E-state index contributed by atoms with van der Waals surface area (Å²) in [4.78, 5) is 0. The van der Waals surface area contributed by atoms with E-state index in [2.05, 4.69) is 4.74 Å². The number of nitrogens with zero attached hydrogens (tertiary/aromatic N) is 1. The summed E-state index contributed by atoms with van der Waals surface area (Å²) in [6.07, 6.45) is -3.02. The summed E-state index contributed by atoms with van der Waals surface area (Å²) in [7, 11) is 0. The van der Waals surface area contributed by atoms with Gasteiger partial charge in [-0.1, -0.05) is 12.1 Å². The number of hydrogen-bond donors (Lipinski definition) is 0. The quantitative estimate of drug-likeness (QED) is 0.727. The molecule has 0 bridgehead atoms. The maximum atomic E-state index is 11.9. The molecule has 0 unspecified atom stereocenters. The van der Waals surface area contributed by atoms with Gasteiger partial charge < -0.3 is 21.9 Å². The summed E-state index contributed by atoms with van der Waals surface area (Å²) >= 11 is 4.77. The van der Waals surface area contributed by atoms with Gasteiger partial charge in [0.15, 0.2) is 0 Å². The first-order chi connectivity index (χ1) is 6.96. The standard InChI is InChI=1S/C9H5F3NOS/c10-9(11,12)14-7-3-1-2-6(4-7)8-5-13(8)15/h1-5H/q-1. The summed E-state index contributed by atoms with van der Waals surface area (Å²) in [5.74, 6) is -0.240. The summed E-state index contributed by atoms with van der Waals surface area (Å²) in [5, 5.41) is 0. The zero-order chi connectivity index (χ0) is 11.1. The van der Waals surface area contributed by atoms with E-state index in [1.807, 2.05) is 0 Å². The molecular weight excluding hydrogens is 227 g/mol. The van der Waals surface area contributed by atoms with E-state index in [1.54, 1.807) is 12.3 Å². The topological polar surface area (TPSA) is 12.2 Å². The van der Waals surface area contributed by atoms with Crippen molar-refractivity contribution in [1.82, 2.24) is 4.31 Å². The van der Waals surface area contributed by atoms with Gasteiger partial charge in [-0.15, -0.1) is 13.2 Å². The van der Waals surface area contributed by atoms with Gasteiger partial charge in [0.1, 0.15) is 5.75 Å². The Morgan fingerprint density at radius 1 is 1.27 bits per heavy atom. The van der Waals surface area contributed by atoms with Gasteiger partial charge in [0.25, 0.3) is 0 Å². The monoisotopic (exact) mass is 232 g/mol. The molecule has 2 rings (SSSR count). The van der Waals surface area contributed by atoms with Gasteiger partial charge in [0.05, 0.1) is 0 Å². The highest BCUT2D eigenvalue weighted by molar-refractivity contribution is 7.57. The minimum Gasteiger partial charge on any atom is -0.661 e. The van der Waals surface area contributed by atoms with Crippen molar-refractivity contribution in [3.8, 4) is 5.75 Å².